The largest absolute Gasteiger partial charge is 0.303 e. The molecule has 1 aromatic carbocycles. The van der Waals surface area contributed by atoms with Crippen LogP contribution in [-0.4, -0.2) is 14.6 Å². The van der Waals surface area contributed by atoms with E-state index in [1.807, 2.05) is 41.8 Å². The molecule has 0 amide bonds. The SMILES string of the molecule is CC(NCc1nnc2ccccn12)c1ccccc1F. The number of aromatic nitrogens is 3. The molecule has 3 aromatic rings. The molecule has 2 heterocycles. The Morgan fingerprint density at radius 1 is 1.15 bits per heavy atom. The first-order chi connectivity index (χ1) is 9.75. The molecular formula is C15H15FN4. The summed E-state index contributed by atoms with van der Waals surface area (Å²) >= 11 is 0. The van der Waals surface area contributed by atoms with Crippen molar-refractivity contribution in [3.8, 4) is 0 Å². The smallest absolute Gasteiger partial charge is 0.160 e. The van der Waals surface area contributed by atoms with Gasteiger partial charge in [0.2, 0.25) is 0 Å². The highest BCUT2D eigenvalue weighted by molar-refractivity contribution is 5.37. The number of benzene rings is 1. The molecule has 1 N–H and O–H groups in total. The summed E-state index contributed by atoms with van der Waals surface area (Å²) in [7, 11) is 0. The maximum absolute atomic E-state index is 13.7. The van der Waals surface area contributed by atoms with E-state index < -0.39 is 0 Å². The number of hydrogen-bond donors (Lipinski definition) is 1. The number of halogens is 1. The molecular weight excluding hydrogens is 255 g/mol. The summed E-state index contributed by atoms with van der Waals surface area (Å²) < 4.78 is 15.6. The molecule has 0 fully saturated rings. The van der Waals surface area contributed by atoms with Crippen LogP contribution in [0, 0.1) is 5.82 Å². The van der Waals surface area contributed by atoms with Crippen LogP contribution in [0.1, 0.15) is 24.4 Å². The van der Waals surface area contributed by atoms with Gasteiger partial charge in [-0.15, -0.1) is 10.2 Å². The Kier molecular flexibility index (Phi) is 3.43. The van der Waals surface area contributed by atoms with Gasteiger partial charge in [0.05, 0.1) is 6.54 Å². The molecule has 0 radical (unpaired) electrons. The van der Waals surface area contributed by atoms with Gasteiger partial charge in [0, 0.05) is 17.8 Å². The highest BCUT2D eigenvalue weighted by atomic mass is 19.1. The van der Waals surface area contributed by atoms with E-state index in [4.69, 9.17) is 0 Å². The first-order valence-electron chi connectivity index (χ1n) is 6.52. The third-order valence-electron chi connectivity index (χ3n) is 3.32. The number of nitrogens with one attached hydrogen (secondary N) is 1. The highest BCUT2D eigenvalue weighted by Crippen LogP contribution is 2.16. The minimum Gasteiger partial charge on any atom is -0.303 e. The number of nitrogens with zero attached hydrogens (tertiary/aromatic N) is 3. The molecule has 0 saturated carbocycles. The lowest BCUT2D eigenvalue weighted by atomic mass is 10.1. The minimum atomic E-state index is -0.196. The third-order valence-corrected chi connectivity index (χ3v) is 3.32. The van der Waals surface area contributed by atoms with E-state index in [0.29, 0.717) is 12.1 Å². The van der Waals surface area contributed by atoms with E-state index in [1.165, 1.54) is 6.07 Å². The van der Waals surface area contributed by atoms with Crippen molar-refractivity contribution in [1.82, 2.24) is 19.9 Å². The van der Waals surface area contributed by atoms with E-state index in [2.05, 4.69) is 15.5 Å². The van der Waals surface area contributed by atoms with Gasteiger partial charge in [-0.3, -0.25) is 4.40 Å². The number of pyridine rings is 1. The minimum absolute atomic E-state index is 0.0905. The maximum Gasteiger partial charge on any atom is 0.160 e. The van der Waals surface area contributed by atoms with Crippen molar-refractivity contribution in [2.75, 3.05) is 0 Å². The fraction of sp³-hybridized carbons (Fsp3) is 0.200. The van der Waals surface area contributed by atoms with Gasteiger partial charge in [-0.25, -0.2) is 4.39 Å². The van der Waals surface area contributed by atoms with Crippen LogP contribution in [0.15, 0.2) is 48.7 Å². The molecule has 4 nitrogen and oxygen atoms in total. The van der Waals surface area contributed by atoms with E-state index in [9.17, 15) is 4.39 Å². The van der Waals surface area contributed by atoms with E-state index in [1.54, 1.807) is 12.1 Å². The average molecular weight is 270 g/mol. The van der Waals surface area contributed by atoms with Crippen LogP contribution in [0.3, 0.4) is 0 Å². The number of rotatable bonds is 4. The second-order valence-corrected chi connectivity index (χ2v) is 4.67. The first-order valence-corrected chi connectivity index (χ1v) is 6.52. The van der Waals surface area contributed by atoms with Gasteiger partial charge in [-0.2, -0.15) is 0 Å². The Balaban J connectivity index is 1.75. The van der Waals surface area contributed by atoms with Crippen LogP contribution >= 0.6 is 0 Å². The monoisotopic (exact) mass is 270 g/mol. The van der Waals surface area contributed by atoms with Gasteiger partial charge in [0.1, 0.15) is 5.82 Å². The van der Waals surface area contributed by atoms with Crippen LogP contribution in [0.2, 0.25) is 0 Å². The molecule has 0 aliphatic heterocycles. The predicted octanol–water partition coefficient (Wildman–Crippen LogP) is 2.72. The number of fused-ring (bicyclic) bond motifs is 1. The Hall–Kier alpha value is -2.27. The third kappa shape index (κ3) is 2.40. The van der Waals surface area contributed by atoms with Gasteiger partial charge >= 0.3 is 0 Å². The molecule has 2 aromatic heterocycles. The average Bonchev–Trinajstić information content (AvgIpc) is 2.88. The fourth-order valence-corrected chi connectivity index (χ4v) is 2.19. The molecule has 0 aliphatic rings. The molecule has 3 rings (SSSR count). The predicted molar refractivity (Wildman–Crippen MR) is 74.6 cm³/mol. The lowest BCUT2D eigenvalue weighted by molar-refractivity contribution is 0.518. The molecule has 0 spiro atoms. The summed E-state index contributed by atoms with van der Waals surface area (Å²) in [5.41, 5.74) is 1.46. The zero-order chi connectivity index (χ0) is 13.9. The normalized spacial score (nSPS) is 12.7. The summed E-state index contributed by atoms with van der Waals surface area (Å²) in [6.45, 7) is 2.46. The van der Waals surface area contributed by atoms with Crippen molar-refractivity contribution in [2.24, 2.45) is 0 Å². The summed E-state index contributed by atoms with van der Waals surface area (Å²) in [5, 5.41) is 11.5. The van der Waals surface area contributed by atoms with Gasteiger partial charge in [0.25, 0.3) is 0 Å². The van der Waals surface area contributed by atoms with Crippen LogP contribution in [-0.2, 0) is 6.54 Å². The maximum atomic E-state index is 13.7. The van der Waals surface area contributed by atoms with Crippen LogP contribution in [0.5, 0.6) is 0 Å². The summed E-state index contributed by atoms with van der Waals surface area (Å²) in [6.07, 6.45) is 1.92. The molecule has 5 heteroatoms. The van der Waals surface area contributed by atoms with Gasteiger partial charge < -0.3 is 5.32 Å². The van der Waals surface area contributed by atoms with E-state index >= 15 is 0 Å². The van der Waals surface area contributed by atoms with Crippen molar-refractivity contribution >= 4 is 5.65 Å². The molecule has 0 saturated heterocycles. The molecule has 20 heavy (non-hydrogen) atoms. The lowest BCUT2D eigenvalue weighted by Gasteiger charge is -2.14. The molecule has 0 aliphatic carbocycles. The molecule has 1 atom stereocenters. The second-order valence-electron chi connectivity index (χ2n) is 4.67. The quantitative estimate of drug-likeness (QED) is 0.792. The van der Waals surface area contributed by atoms with Gasteiger partial charge in [-0.05, 0) is 25.1 Å². The standard InChI is InChI=1S/C15H15FN4/c1-11(12-6-2-3-7-13(12)16)17-10-15-19-18-14-8-4-5-9-20(14)15/h2-9,11,17H,10H2,1H3. The Labute approximate surface area is 116 Å². The Bertz CT molecular complexity index is 722. The number of hydrogen-bond acceptors (Lipinski definition) is 3. The zero-order valence-electron chi connectivity index (χ0n) is 11.1. The summed E-state index contributed by atoms with van der Waals surface area (Å²) in [6, 6.07) is 12.4. The Morgan fingerprint density at radius 2 is 1.95 bits per heavy atom. The Morgan fingerprint density at radius 3 is 2.80 bits per heavy atom. The van der Waals surface area contributed by atoms with Crippen molar-refractivity contribution < 1.29 is 4.39 Å². The van der Waals surface area contributed by atoms with Crippen LogP contribution in [0.25, 0.3) is 5.65 Å². The van der Waals surface area contributed by atoms with Crippen molar-refractivity contribution in [3.63, 3.8) is 0 Å². The summed E-state index contributed by atoms with van der Waals surface area (Å²) in [5.74, 6) is 0.613. The second kappa shape index (κ2) is 5.38. The van der Waals surface area contributed by atoms with Crippen molar-refractivity contribution in [1.29, 1.82) is 0 Å². The zero-order valence-corrected chi connectivity index (χ0v) is 11.1. The van der Waals surface area contributed by atoms with E-state index in [-0.39, 0.29) is 11.9 Å². The molecule has 1 unspecified atom stereocenters. The van der Waals surface area contributed by atoms with Crippen LogP contribution < -0.4 is 5.32 Å². The highest BCUT2D eigenvalue weighted by Gasteiger charge is 2.11. The first kappa shape index (κ1) is 12.7. The van der Waals surface area contributed by atoms with Crippen LogP contribution in [0.4, 0.5) is 4.39 Å². The van der Waals surface area contributed by atoms with Crippen molar-refractivity contribution in [3.05, 3.63) is 65.9 Å². The summed E-state index contributed by atoms with van der Waals surface area (Å²) in [4.78, 5) is 0. The lowest BCUT2D eigenvalue weighted by Crippen LogP contribution is -2.20. The molecule has 0 bridgehead atoms. The van der Waals surface area contributed by atoms with Gasteiger partial charge in [0.15, 0.2) is 11.5 Å². The van der Waals surface area contributed by atoms with Gasteiger partial charge in [-0.1, -0.05) is 24.3 Å². The fourth-order valence-electron chi connectivity index (χ4n) is 2.19. The topological polar surface area (TPSA) is 42.2 Å². The van der Waals surface area contributed by atoms with E-state index in [0.717, 1.165) is 11.5 Å². The van der Waals surface area contributed by atoms with Crippen molar-refractivity contribution in [2.45, 2.75) is 19.5 Å². The molecule has 102 valence electrons.